The Balaban J connectivity index is 2.81. The van der Waals surface area contributed by atoms with Gasteiger partial charge >= 0.3 is 0 Å². The summed E-state index contributed by atoms with van der Waals surface area (Å²) in [7, 11) is 0.968. The highest BCUT2D eigenvalue weighted by Gasteiger charge is 2.19. The summed E-state index contributed by atoms with van der Waals surface area (Å²) in [5, 5.41) is 5.84. The van der Waals surface area contributed by atoms with Crippen molar-refractivity contribution in [1.29, 1.82) is 0 Å². The summed E-state index contributed by atoms with van der Waals surface area (Å²) in [6.07, 6.45) is 2.38. The van der Waals surface area contributed by atoms with Crippen molar-refractivity contribution in [2.75, 3.05) is 30.9 Å². The van der Waals surface area contributed by atoms with Crippen molar-refractivity contribution in [3.05, 3.63) is 23.4 Å². The number of pyridine rings is 1. The summed E-state index contributed by atoms with van der Waals surface area (Å²) in [6.45, 7) is 6.72. The quantitative estimate of drug-likeness (QED) is 0.787. The number of hydrogen-bond acceptors (Lipinski definition) is 4. The lowest BCUT2D eigenvalue weighted by Gasteiger charge is -2.19. The molecule has 1 unspecified atom stereocenters. The fourth-order valence-electron chi connectivity index (χ4n) is 1.75. The predicted octanol–water partition coefficient (Wildman–Crippen LogP) is 1.92. The molecule has 1 heterocycles. The third kappa shape index (κ3) is 5.83. The first-order chi connectivity index (χ1) is 9.74. The van der Waals surface area contributed by atoms with E-state index in [-0.39, 0.29) is 11.3 Å². The van der Waals surface area contributed by atoms with Gasteiger partial charge in [-0.1, -0.05) is 20.8 Å². The molecule has 0 aliphatic rings. The van der Waals surface area contributed by atoms with Crippen molar-refractivity contribution in [1.82, 2.24) is 10.3 Å². The van der Waals surface area contributed by atoms with E-state index in [1.165, 1.54) is 0 Å². The Hall–Kier alpha value is -1.43. The van der Waals surface area contributed by atoms with E-state index in [0.29, 0.717) is 30.1 Å². The van der Waals surface area contributed by atoms with Gasteiger partial charge in [0.2, 0.25) is 0 Å². The Labute approximate surface area is 129 Å². The number of nitrogens with zero attached hydrogens (tertiary/aromatic N) is 1. The van der Waals surface area contributed by atoms with Crippen molar-refractivity contribution in [3.8, 4) is 0 Å². The van der Waals surface area contributed by atoms with Crippen molar-refractivity contribution in [2.45, 2.75) is 32.6 Å². The first kappa shape index (κ1) is 17.6. The predicted molar refractivity (Wildman–Crippen MR) is 88.4 cm³/mol. The topological polar surface area (TPSA) is 71.1 Å². The minimum Gasteiger partial charge on any atom is -0.373 e. The third-order valence-corrected chi connectivity index (χ3v) is 3.87. The van der Waals surface area contributed by atoms with Crippen LogP contribution < -0.4 is 10.6 Å². The zero-order valence-electron chi connectivity index (χ0n) is 13.4. The molecule has 0 aliphatic heterocycles. The number of aromatic nitrogens is 1. The lowest BCUT2D eigenvalue weighted by atomic mass is 9.90. The molecule has 0 fully saturated rings. The zero-order chi connectivity index (χ0) is 16.0. The molecule has 0 spiro atoms. The average Bonchev–Trinajstić information content (AvgIpc) is 2.41. The van der Waals surface area contributed by atoms with Crippen LogP contribution in [-0.2, 0) is 16.2 Å². The summed E-state index contributed by atoms with van der Waals surface area (Å²) in [6, 6.07) is 3.57. The summed E-state index contributed by atoms with van der Waals surface area (Å²) in [4.78, 5) is 16.7. The molecule has 0 radical (unpaired) electrons. The fraction of sp³-hybridized carbons (Fsp3) is 0.600. The molecular weight excluding hydrogens is 286 g/mol. The second-order valence-electron chi connectivity index (χ2n) is 6.01. The molecule has 118 valence electrons. The second-order valence-corrected chi connectivity index (χ2v) is 7.57. The number of amides is 1. The van der Waals surface area contributed by atoms with Crippen LogP contribution in [0.25, 0.3) is 0 Å². The molecule has 0 bridgehead atoms. The highest BCUT2D eigenvalue weighted by molar-refractivity contribution is 7.84. The summed E-state index contributed by atoms with van der Waals surface area (Å²) < 4.78 is 11.0. The van der Waals surface area contributed by atoms with Gasteiger partial charge < -0.3 is 10.6 Å². The lowest BCUT2D eigenvalue weighted by Crippen LogP contribution is -2.26. The molecule has 0 aromatic carbocycles. The molecule has 2 N–H and O–H groups in total. The standard InChI is InChI=1S/C15H25N3O2S/c1-15(2,3)12-9-11(10-13(16-4)18-12)14(19)17-7-6-8-21(5)20/h9-10H,6-8H2,1-5H3,(H,16,18)(H,17,19). The number of carbonyl (C=O) groups is 1. The van der Waals surface area contributed by atoms with Crippen molar-refractivity contribution < 1.29 is 9.00 Å². The van der Waals surface area contributed by atoms with Crippen LogP contribution in [0, 0.1) is 0 Å². The van der Waals surface area contributed by atoms with E-state index in [2.05, 4.69) is 36.4 Å². The zero-order valence-corrected chi connectivity index (χ0v) is 14.3. The van der Waals surface area contributed by atoms with Crippen LogP contribution in [0.3, 0.4) is 0 Å². The molecule has 1 aromatic heterocycles. The normalized spacial score (nSPS) is 12.8. The van der Waals surface area contributed by atoms with Gasteiger partial charge in [0.05, 0.1) is 0 Å². The minimum atomic E-state index is -0.817. The Morgan fingerprint density at radius 2 is 2.00 bits per heavy atom. The maximum atomic E-state index is 12.2. The summed E-state index contributed by atoms with van der Waals surface area (Å²) >= 11 is 0. The first-order valence-electron chi connectivity index (χ1n) is 7.02. The van der Waals surface area contributed by atoms with Gasteiger partial charge in [0.1, 0.15) is 5.82 Å². The molecule has 0 aliphatic carbocycles. The molecule has 0 saturated heterocycles. The van der Waals surface area contributed by atoms with Crippen LogP contribution in [0.5, 0.6) is 0 Å². The van der Waals surface area contributed by atoms with Crippen LogP contribution in [0.15, 0.2) is 12.1 Å². The number of carbonyl (C=O) groups excluding carboxylic acids is 1. The number of hydrogen-bond donors (Lipinski definition) is 2. The van der Waals surface area contributed by atoms with Gasteiger partial charge in [-0.3, -0.25) is 9.00 Å². The lowest BCUT2D eigenvalue weighted by molar-refractivity contribution is 0.0953. The smallest absolute Gasteiger partial charge is 0.251 e. The van der Waals surface area contributed by atoms with Crippen LogP contribution in [0.2, 0.25) is 0 Å². The molecule has 5 nitrogen and oxygen atoms in total. The van der Waals surface area contributed by atoms with E-state index in [0.717, 1.165) is 5.69 Å². The average molecular weight is 311 g/mol. The Bertz CT molecular complexity index is 524. The van der Waals surface area contributed by atoms with Gasteiger partial charge in [-0.05, 0) is 18.6 Å². The van der Waals surface area contributed by atoms with Crippen molar-refractivity contribution >= 4 is 22.5 Å². The molecule has 0 saturated carbocycles. The van der Waals surface area contributed by atoms with Gasteiger partial charge in [-0.15, -0.1) is 0 Å². The van der Waals surface area contributed by atoms with Crippen molar-refractivity contribution in [2.24, 2.45) is 0 Å². The van der Waals surface area contributed by atoms with E-state index in [1.54, 1.807) is 19.4 Å². The van der Waals surface area contributed by atoms with E-state index < -0.39 is 10.8 Å². The van der Waals surface area contributed by atoms with Gasteiger partial charge in [-0.25, -0.2) is 4.98 Å². The van der Waals surface area contributed by atoms with Gasteiger partial charge in [0.15, 0.2) is 0 Å². The van der Waals surface area contributed by atoms with Crippen LogP contribution >= 0.6 is 0 Å². The van der Waals surface area contributed by atoms with Crippen molar-refractivity contribution in [3.63, 3.8) is 0 Å². The number of nitrogens with one attached hydrogen (secondary N) is 2. The maximum absolute atomic E-state index is 12.2. The fourth-order valence-corrected chi connectivity index (χ4v) is 2.30. The second kappa shape index (κ2) is 7.54. The van der Waals surface area contributed by atoms with Gasteiger partial charge in [0, 0.05) is 53.1 Å². The van der Waals surface area contributed by atoms with Gasteiger partial charge in [0.25, 0.3) is 5.91 Å². The van der Waals surface area contributed by atoms with E-state index in [1.807, 2.05) is 6.07 Å². The Kier molecular flexibility index (Phi) is 6.33. The molecule has 21 heavy (non-hydrogen) atoms. The highest BCUT2D eigenvalue weighted by Crippen LogP contribution is 2.23. The number of anilines is 1. The van der Waals surface area contributed by atoms with E-state index in [9.17, 15) is 9.00 Å². The molecular formula is C15H25N3O2S. The SMILES string of the molecule is CNc1cc(C(=O)NCCCS(C)=O)cc(C(C)(C)C)n1. The summed E-state index contributed by atoms with van der Waals surface area (Å²) in [5.74, 6) is 1.16. The monoisotopic (exact) mass is 311 g/mol. The molecule has 1 aromatic rings. The van der Waals surface area contributed by atoms with Crippen LogP contribution in [0.4, 0.5) is 5.82 Å². The largest absolute Gasteiger partial charge is 0.373 e. The van der Waals surface area contributed by atoms with Crippen LogP contribution in [0.1, 0.15) is 43.2 Å². The highest BCUT2D eigenvalue weighted by atomic mass is 32.2. The molecule has 1 atom stereocenters. The molecule has 1 rings (SSSR count). The summed E-state index contributed by atoms with van der Waals surface area (Å²) in [5.41, 5.74) is 1.34. The Morgan fingerprint density at radius 3 is 2.52 bits per heavy atom. The maximum Gasteiger partial charge on any atom is 0.251 e. The minimum absolute atomic E-state index is 0.124. The molecule has 1 amide bonds. The third-order valence-electron chi connectivity index (χ3n) is 3.01. The molecule has 6 heteroatoms. The van der Waals surface area contributed by atoms with Crippen LogP contribution in [-0.4, -0.2) is 40.7 Å². The van der Waals surface area contributed by atoms with E-state index in [4.69, 9.17) is 0 Å². The van der Waals surface area contributed by atoms with Gasteiger partial charge in [-0.2, -0.15) is 0 Å². The Morgan fingerprint density at radius 1 is 1.33 bits per heavy atom. The number of rotatable bonds is 6. The first-order valence-corrected chi connectivity index (χ1v) is 8.75. The van der Waals surface area contributed by atoms with E-state index >= 15 is 0 Å².